The van der Waals surface area contributed by atoms with E-state index in [2.05, 4.69) is 25.3 Å². The third kappa shape index (κ3) is 4.95. The number of benzene rings is 2. The maximum atomic E-state index is 14.8. The normalized spacial score (nSPS) is 13.7. The zero-order valence-electron chi connectivity index (χ0n) is 17.4. The van der Waals surface area contributed by atoms with Gasteiger partial charge in [0.05, 0.1) is 17.4 Å². The van der Waals surface area contributed by atoms with E-state index in [9.17, 15) is 22.7 Å². The lowest BCUT2D eigenvalue weighted by Gasteiger charge is -2.25. The molecule has 1 heterocycles. The first-order valence-electron chi connectivity index (χ1n) is 9.52. The average Bonchev–Trinajstić information content (AvgIpc) is 3.23. The molecule has 170 valence electrons. The van der Waals surface area contributed by atoms with Gasteiger partial charge in [-0.25, -0.2) is 12.8 Å². The number of nitrogens with zero attached hydrogens (tertiary/aromatic N) is 3. The van der Waals surface area contributed by atoms with E-state index in [0.29, 0.717) is 11.1 Å². The van der Waals surface area contributed by atoms with E-state index in [0.717, 1.165) is 5.56 Å². The summed E-state index contributed by atoms with van der Waals surface area (Å²) in [6.45, 7) is 5.22. The van der Waals surface area contributed by atoms with Crippen LogP contribution in [-0.4, -0.2) is 40.1 Å². The van der Waals surface area contributed by atoms with Crippen LogP contribution in [-0.2, 0) is 21.2 Å². The number of aromatic nitrogens is 4. The van der Waals surface area contributed by atoms with Crippen LogP contribution in [0.2, 0.25) is 5.02 Å². The fraction of sp³-hybridized carbons (Fsp3) is 0.300. The fourth-order valence-corrected chi connectivity index (χ4v) is 5.24. The Hall–Kier alpha value is -2.89. The van der Waals surface area contributed by atoms with Crippen molar-refractivity contribution in [1.29, 1.82) is 0 Å². The number of H-pyrrole nitrogens is 1. The maximum absolute atomic E-state index is 14.8. The quantitative estimate of drug-likeness (QED) is 0.449. The van der Waals surface area contributed by atoms with Crippen LogP contribution in [0.3, 0.4) is 0 Å². The number of hydrogen-bond donors (Lipinski definition) is 3. The van der Waals surface area contributed by atoms with Gasteiger partial charge in [-0.2, -0.15) is 9.94 Å². The van der Waals surface area contributed by atoms with E-state index in [1.165, 1.54) is 24.3 Å². The number of carboxylic acids is 1. The van der Waals surface area contributed by atoms with Crippen molar-refractivity contribution in [2.75, 3.05) is 0 Å². The number of hydrogen-bond acceptors (Lipinski definition) is 6. The Morgan fingerprint density at radius 2 is 2.00 bits per heavy atom. The van der Waals surface area contributed by atoms with Crippen molar-refractivity contribution in [3.63, 3.8) is 0 Å². The van der Waals surface area contributed by atoms with Crippen molar-refractivity contribution < 1.29 is 22.7 Å². The zero-order valence-corrected chi connectivity index (χ0v) is 19.0. The number of aliphatic carboxylic acids is 1. The highest BCUT2D eigenvalue weighted by Crippen LogP contribution is 2.35. The maximum Gasteiger partial charge on any atom is 0.307 e. The molecule has 2 atom stereocenters. The fourth-order valence-electron chi connectivity index (χ4n) is 3.55. The Morgan fingerprint density at radius 1 is 1.28 bits per heavy atom. The van der Waals surface area contributed by atoms with Gasteiger partial charge in [0.15, 0.2) is 5.82 Å². The summed E-state index contributed by atoms with van der Waals surface area (Å²) >= 11 is 5.94. The second-order valence-electron chi connectivity index (χ2n) is 7.38. The molecule has 0 spiro atoms. The molecule has 0 aliphatic rings. The Morgan fingerprint density at radius 3 is 2.62 bits per heavy atom. The lowest BCUT2D eigenvalue weighted by atomic mass is 9.88. The van der Waals surface area contributed by atoms with Gasteiger partial charge in [-0.1, -0.05) is 29.8 Å². The Balaban J connectivity index is 2.08. The first kappa shape index (κ1) is 23.8. The predicted octanol–water partition coefficient (Wildman–Crippen LogP) is 3.06. The molecule has 1 aromatic heterocycles. The molecule has 0 saturated heterocycles. The SMILES string of the molecule is Cc1ccc(F)c(C(C)C(NS(=O)(=O)c2ccc(Cl)cc2CC(=O)O)c2nn[nH]n2)c1C. The van der Waals surface area contributed by atoms with E-state index < -0.39 is 40.2 Å². The molecule has 0 aliphatic carbocycles. The lowest BCUT2D eigenvalue weighted by molar-refractivity contribution is -0.136. The van der Waals surface area contributed by atoms with Gasteiger partial charge in [0.2, 0.25) is 10.0 Å². The van der Waals surface area contributed by atoms with Crippen molar-refractivity contribution in [1.82, 2.24) is 25.3 Å². The highest BCUT2D eigenvalue weighted by atomic mass is 35.5. The first-order valence-corrected chi connectivity index (χ1v) is 11.4. The number of nitrogens with one attached hydrogen (secondary N) is 2. The summed E-state index contributed by atoms with van der Waals surface area (Å²) in [5, 5.41) is 22.9. The summed E-state index contributed by atoms with van der Waals surface area (Å²) in [6.07, 6.45) is -0.551. The van der Waals surface area contributed by atoms with Gasteiger partial charge in [-0.15, -0.1) is 10.2 Å². The largest absolute Gasteiger partial charge is 0.481 e. The van der Waals surface area contributed by atoms with Crippen LogP contribution in [0.15, 0.2) is 35.2 Å². The number of carbonyl (C=O) groups is 1. The van der Waals surface area contributed by atoms with Gasteiger partial charge in [0.1, 0.15) is 5.82 Å². The highest BCUT2D eigenvalue weighted by Gasteiger charge is 2.33. The molecule has 0 saturated carbocycles. The minimum absolute atomic E-state index is 0.00920. The summed E-state index contributed by atoms with van der Waals surface area (Å²) in [7, 11) is -4.28. The molecule has 32 heavy (non-hydrogen) atoms. The predicted molar refractivity (Wildman–Crippen MR) is 114 cm³/mol. The standard InChI is InChI=1S/C20H21ClFN5O4S/c1-10-4-6-15(22)18(11(10)2)12(3)19(20-23-26-27-24-20)25-32(30,31)16-7-5-14(21)8-13(16)9-17(28)29/h4-8,12,19,25H,9H2,1-3H3,(H,28,29)(H,23,24,26,27). The molecule has 3 aromatic rings. The van der Waals surface area contributed by atoms with Gasteiger partial charge >= 0.3 is 5.97 Å². The van der Waals surface area contributed by atoms with Gasteiger partial charge in [-0.3, -0.25) is 4.79 Å². The van der Waals surface area contributed by atoms with Gasteiger partial charge in [-0.05, 0) is 60.4 Å². The molecule has 3 N–H and O–H groups in total. The molecule has 0 aliphatic heterocycles. The Kier molecular flexibility index (Phi) is 6.91. The third-order valence-corrected chi connectivity index (χ3v) is 7.04. The van der Waals surface area contributed by atoms with Crippen molar-refractivity contribution in [3.8, 4) is 0 Å². The van der Waals surface area contributed by atoms with Gasteiger partial charge in [0, 0.05) is 10.9 Å². The van der Waals surface area contributed by atoms with E-state index in [-0.39, 0.29) is 21.3 Å². The van der Waals surface area contributed by atoms with Crippen LogP contribution in [0.5, 0.6) is 0 Å². The molecule has 3 rings (SSSR count). The van der Waals surface area contributed by atoms with Crippen LogP contribution in [0.25, 0.3) is 0 Å². The molecule has 0 radical (unpaired) electrons. The summed E-state index contributed by atoms with van der Waals surface area (Å²) in [5.41, 5.74) is 1.83. The number of carboxylic acid groups (broad SMARTS) is 1. The van der Waals surface area contributed by atoms with Crippen LogP contribution in [0.4, 0.5) is 4.39 Å². The second-order valence-corrected chi connectivity index (χ2v) is 9.50. The minimum Gasteiger partial charge on any atom is -0.481 e. The van der Waals surface area contributed by atoms with Gasteiger partial charge < -0.3 is 5.11 Å². The third-order valence-electron chi connectivity index (χ3n) is 5.26. The van der Waals surface area contributed by atoms with E-state index in [1.54, 1.807) is 19.9 Å². The molecule has 12 heteroatoms. The molecule has 0 bridgehead atoms. The van der Waals surface area contributed by atoms with E-state index >= 15 is 0 Å². The highest BCUT2D eigenvalue weighted by molar-refractivity contribution is 7.89. The van der Waals surface area contributed by atoms with Gasteiger partial charge in [0.25, 0.3) is 0 Å². The van der Waals surface area contributed by atoms with E-state index in [4.69, 9.17) is 11.6 Å². The van der Waals surface area contributed by atoms with Crippen LogP contribution < -0.4 is 4.72 Å². The minimum atomic E-state index is -4.28. The molecule has 0 fully saturated rings. The van der Waals surface area contributed by atoms with Crippen molar-refractivity contribution in [2.45, 2.75) is 44.0 Å². The molecule has 0 amide bonds. The van der Waals surface area contributed by atoms with Crippen molar-refractivity contribution in [3.05, 3.63) is 69.2 Å². The molecule has 2 aromatic carbocycles. The summed E-state index contributed by atoms with van der Waals surface area (Å²) in [5.74, 6) is -2.43. The molecular formula is C20H21ClFN5O4S. The number of sulfonamides is 1. The number of tetrazole rings is 1. The monoisotopic (exact) mass is 481 g/mol. The summed E-state index contributed by atoms with van der Waals surface area (Å²) in [4.78, 5) is 11.0. The smallest absolute Gasteiger partial charge is 0.307 e. The number of halogens is 2. The molecular weight excluding hydrogens is 461 g/mol. The Labute approximate surface area is 189 Å². The summed E-state index contributed by atoms with van der Waals surface area (Å²) in [6, 6.07) is 5.71. The van der Waals surface area contributed by atoms with Crippen molar-refractivity contribution >= 4 is 27.6 Å². The topological polar surface area (TPSA) is 138 Å². The number of aryl methyl sites for hydroxylation is 1. The van der Waals surface area contributed by atoms with Crippen LogP contribution >= 0.6 is 11.6 Å². The van der Waals surface area contributed by atoms with E-state index in [1.807, 2.05) is 6.92 Å². The second kappa shape index (κ2) is 9.31. The molecule has 9 nitrogen and oxygen atoms in total. The van der Waals surface area contributed by atoms with Crippen molar-refractivity contribution in [2.24, 2.45) is 0 Å². The van der Waals surface area contributed by atoms with Crippen LogP contribution in [0.1, 0.15) is 47.0 Å². The first-order chi connectivity index (χ1) is 15.0. The molecule has 2 unspecified atom stereocenters. The average molecular weight is 482 g/mol. The number of rotatable bonds is 8. The lowest BCUT2D eigenvalue weighted by Crippen LogP contribution is -2.34. The van der Waals surface area contributed by atoms with Crippen LogP contribution in [0, 0.1) is 19.7 Å². The Bertz CT molecular complexity index is 1250. The zero-order chi connectivity index (χ0) is 23.6. The summed E-state index contributed by atoms with van der Waals surface area (Å²) < 4.78 is 43.9. The number of aromatic amines is 1.